The van der Waals surface area contributed by atoms with Crippen molar-refractivity contribution < 1.29 is 13.2 Å². The molecule has 2 aromatic rings. The van der Waals surface area contributed by atoms with E-state index in [9.17, 15) is 13.2 Å². The lowest BCUT2D eigenvalue weighted by Gasteiger charge is -2.09. The van der Waals surface area contributed by atoms with Crippen LogP contribution < -0.4 is 17.0 Å². The van der Waals surface area contributed by atoms with Crippen molar-refractivity contribution >= 4 is 32.7 Å². The predicted molar refractivity (Wildman–Crippen MR) is 110 cm³/mol. The molecule has 11 heteroatoms. The van der Waals surface area contributed by atoms with E-state index in [2.05, 4.69) is 15.1 Å². The zero-order valence-electron chi connectivity index (χ0n) is 15.6. The molecule has 1 aromatic carbocycles. The van der Waals surface area contributed by atoms with Crippen LogP contribution in [-0.4, -0.2) is 50.5 Å². The number of nitrogens with zero attached hydrogens (tertiary/aromatic N) is 4. The van der Waals surface area contributed by atoms with Gasteiger partial charge >= 0.3 is 0 Å². The zero-order valence-corrected chi connectivity index (χ0v) is 16.5. The van der Waals surface area contributed by atoms with Crippen LogP contribution in [0.2, 0.25) is 0 Å². The maximum Gasteiger partial charge on any atom is 0.274 e. The lowest BCUT2D eigenvalue weighted by molar-refractivity contribution is 0.349. The molecule has 1 aliphatic heterocycles. The van der Waals surface area contributed by atoms with Crippen molar-refractivity contribution in [3.63, 3.8) is 0 Å². The second kappa shape index (κ2) is 8.27. The van der Waals surface area contributed by atoms with Gasteiger partial charge < -0.3 is 16.2 Å². The molecular formula is C18H20N6O4S. The Morgan fingerprint density at radius 1 is 1.41 bits per heavy atom. The Bertz CT molecular complexity index is 1220. The molecule has 3 rings (SSSR count). The van der Waals surface area contributed by atoms with Crippen LogP contribution >= 0.6 is 0 Å². The van der Waals surface area contributed by atoms with E-state index in [1.165, 1.54) is 36.1 Å². The van der Waals surface area contributed by atoms with Gasteiger partial charge in [-0.2, -0.15) is 5.10 Å². The van der Waals surface area contributed by atoms with Crippen LogP contribution in [0.1, 0.15) is 0 Å². The highest BCUT2D eigenvalue weighted by molar-refractivity contribution is 7.96. The first-order chi connectivity index (χ1) is 13.9. The molecule has 0 unspecified atom stereocenters. The van der Waals surface area contributed by atoms with Crippen LogP contribution in [-0.2, 0) is 21.1 Å². The number of aromatic nitrogens is 2. The summed E-state index contributed by atoms with van der Waals surface area (Å²) in [5.74, 6) is 0.422. The molecular weight excluding hydrogens is 396 g/mol. The summed E-state index contributed by atoms with van der Waals surface area (Å²) in [5.41, 5.74) is 11.3. The third-order valence-corrected chi connectivity index (χ3v) is 5.85. The van der Waals surface area contributed by atoms with Crippen molar-refractivity contribution in [2.24, 2.45) is 21.5 Å². The predicted octanol–water partition coefficient (Wildman–Crippen LogP) is -0.0578. The molecule has 2 heterocycles. The zero-order chi connectivity index (χ0) is 21.0. The van der Waals surface area contributed by atoms with Crippen LogP contribution in [0.25, 0.3) is 10.8 Å². The number of hydrogen-bond donors (Lipinski definition) is 2. The van der Waals surface area contributed by atoms with Gasteiger partial charge in [-0.05, 0) is 18.2 Å². The molecule has 1 aromatic heterocycles. The van der Waals surface area contributed by atoms with Crippen molar-refractivity contribution in [1.82, 2.24) is 9.78 Å². The lowest BCUT2D eigenvalue weighted by Crippen LogP contribution is -2.26. The average Bonchev–Trinajstić information content (AvgIpc) is 3.20. The fourth-order valence-corrected chi connectivity index (χ4v) is 3.95. The van der Waals surface area contributed by atoms with Crippen LogP contribution in [0.15, 0.2) is 66.9 Å². The molecule has 0 radical (unpaired) electrons. The molecule has 1 aliphatic rings. The van der Waals surface area contributed by atoms with Crippen molar-refractivity contribution in [3.8, 4) is 0 Å². The molecule has 0 bridgehead atoms. The lowest BCUT2D eigenvalue weighted by atomic mass is 10.2. The van der Waals surface area contributed by atoms with Gasteiger partial charge in [-0.25, -0.2) is 18.1 Å². The van der Waals surface area contributed by atoms with E-state index in [0.717, 1.165) is 12.4 Å². The Labute approximate surface area is 166 Å². The second-order valence-corrected chi connectivity index (χ2v) is 8.05. The highest BCUT2D eigenvalue weighted by Gasteiger charge is 2.20. The summed E-state index contributed by atoms with van der Waals surface area (Å²) in [5, 5.41) is 4.77. The fraction of sp³-hybridized carbons (Fsp3) is 0.222. The van der Waals surface area contributed by atoms with Gasteiger partial charge in [0.1, 0.15) is 11.5 Å². The standard InChI is InChI=1S/C18H20N6O4S/c1-21-10-15(8-19)29(26,27)14-2-3-16-12(6-14)9-23-24(18(16)25)11-13(20)7-17-22-4-5-28-17/h2-3,6-10H,4-5,11,19-20H2,1H3/b13-7-,15-8+,21-10?. The van der Waals surface area contributed by atoms with Gasteiger partial charge in [0, 0.05) is 36.6 Å². The molecule has 0 spiro atoms. The third-order valence-electron chi connectivity index (χ3n) is 4.12. The Balaban J connectivity index is 1.96. The van der Waals surface area contributed by atoms with Crippen molar-refractivity contribution in [1.29, 1.82) is 0 Å². The van der Waals surface area contributed by atoms with Crippen molar-refractivity contribution in [2.45, 2.75) is 11.4 Å². The van der Waals surface area contributed by atoms with Gasteiger partial charge in [-0.3, -0.25) is 9.79 Å². The largest absolute Gasteiger partial charge is 0.476 e. The van der Waals surface area contributed by atoms with Crippen molar-refractivity contribution in [2.75, 3.05) is 20.2 Å². The first-order valence-electron chi connectivity index (χ1n) is 8.59. The summed E-state index contributed by atoms with van der Waals surface area (Å²) in [7, 11) is -2.42. The van der Waals surface area contributed by atoms with E-state index in [1.54, 1.807) is 6.08 Å². The van der Waals surface area contributed by atoms with E-state index in [0.29, 0.717) is 35.5 Å². The van der Waals surface area contributed by atoms with Gasteiger partial charge in [-0.1, -0.05) is 0 Å². The summed E-state index contributed by atoms with van der Waals surface area (Å²) < 4.78 is 31.8. The number of sulfone groups is 1. The number of benzene rings is 1. The first-order valence-corrected chi connectivity index (χ1v) is 10.1. The normalized spacial score (nSPS) is 15.7. The summed E-state index contributed by atoms with van der Waals surface area (Å²) >= 11 is 0. The smallest absolute Gasteiger partial charge is 0.274 e. The number of ether oxygens (including phenoxy) is 1. The monoisotopic (exact) mass is 416 g/mol. The molecule has 0 atom stereocenters. The van der Waals surface area contributed by atoms with Crippen LogP contribution in [0.3, 0.4) is 0 Å². The second-order valence-electron chi connectivity index (χ2n) is 6.10. The van der Waals surface area contributed by atoms with Crippen molar-refractivity contribution in [3.05, 3.63) is 57.6 Å². The topological polar surface area (TPSA) is 155 Å². The van der Waals surface area contributed by atoms with Crippen LogP contribution in [0.4, 0.5) is 0 Å². The SMILES string of the molecule is CN=C/C(=C\N)S(=O)(=O)c1ccc2c(=O)n(C/C(N)=C/C3=NCCO3)ncc2c1. The number of fused-ring (bicyclic) bond motifs is 1. The molecule has 0 fully saturated rings. The minimum atomic E-state index is -3.87. The number of rotatable bonds is 6. The maximum atomic E-state index is 12.7. The van der Waals surface area contributed by atoms with Gasteiger partial charge in [0.2, 0.25) is 15.7 Å². The first kappa shape index (κ1) is 20.3. The Morgan fingerprint density at radius 2 is 2.21 bits per heavy atom. The molecule has 0 aliphatic carbocycles. The minimum Gasteiger partial charge on any atom is -0.476 e. The molecule has 152 valence electrons. The minimum absolute atomic E-state index is 0.0173. The van der Waals surface area contributed by atoms with Gasteiger partial charge in [0.15, 0.2) is 0 Å². The molecule has 29 heavy (non-hydrogen) atoms. The highest BCUT2D eigenvalue weighted by atomic mass is 32.2. The number of nitrogens with two attached hydrogens (primary N) is 2. The molecule has 0 saturated carbocycles. The van der Waals surface area contributed by atoms with Gasteiger partial charge in [0.05, 0.1) is 29.6 Å². The van der Waals surface area contributed by atoms with E-state index < -0.39 is 15.4 Å². The molecule has 4 N–H and O–H groups in total. The van der Waals surface area contributed by atoms with E-state index in [-0.39, 0.29) is 16.3 Å². The Morgan fingerprint density at radius 3 is 2.86 bits per heavy atom. The van der Waals surface area contributed by atoms with Crippen LogP contribution in [0, 0.1) is 0 Å². The Kier molecular flexibility index (Phi) is 5.78. The molecule has 10 nitrogen and oxygen atoms in total. The fourth-order valence-electron chi connectivity index (χ4n) is 2.73. The molecule has 0 amide bonds. The van der Waals surface area contributed by atoms with Gasteiger partial charge in [-0.15, -0.1) is 0 Å². The van der Waals surface area contributed by atoms with E-state index in [4.69, 9.17) is 16.2 Å². The number of aliphatic imine (C=N–C) groups is 2. The van der Waals surface area contributed by atoms with E-state index in [1.807, 2.05) is 0 Å². The quantitative estimate of drug-likeness (QED) is 0.625. The van der Waals surface area contributed by atoms with Crippen LogP contribution in [0.5, 0.6) is 0 Å². The summed E-state index contributed by atoms with van der Waals surface area (Å²) in [6, 6.07) is 4.15. The summed E-state index contributed by atoms with van der Waals surface area (Å²) in [4.78, 5) is 20.4. The van der Waals surface area contributed by atoms with Gasteiger partial charge in [0.25, 0.3) is 5.56 Å². The number of hydrogen-bond acceptors (Lipinski definition) is 9. The summed E-state index contributed by atoms with van der Waals surface area (Å²) in [6.45, 7) is 1.12. The highest BCUT2D eigenvalue weighted by Crippen LogP contribution is 2.21. The third kappa shape index (κ3) is 4.19. The van der Waals surface area contributed by atoms with E-state index >= 15 is 0 Å². The Hall–Kier alpha value is -3.47. The maximum absolute atomic E-state index is 12.7. The summed E-state index contributed by atoms with van der Waals surface area (Å²) in [6.07, 6.45) is 5.09. The number of allylic oxidation sites excluding steroid dienone is 2. The average molecular weight is 416 g/mol. The molecule has 0 saturated heterocycles.